The topological polar surface area (TPSA) is 47.6 Å². The molecule has 0 bridgehead atoms. The maximum atomic E-state index is 13.5. The number of halogens is 1. The highest BCUT2D eigenvalue weighted by Gasteiger charge is 2.15. The summed E-state index contributed by atoms with van der Waals surface area (Å²) in [5.74, 6) is 0.0293. The lowest BCUT2D eigenvalue weighted by Crippen LogP contribution is -2.38. The molecule has 1 atom stereocenters. The van der Waals surface area contributed by atoms with Gasteiger partial charge in [0.2, 0.25) is 0 Å². The highest BCUT2D eigenvalue weighted by atomic mass is 19.1. The van der Waals surface area contributed by atoms with E-state index in [4.69, 9.17) is 9.47 Å². The van der Waals surface area contributed by atoms with Crippen molar-refractivity contribution in [2.24, 2.45) is 0 Å². The molecule has 2 aromatic carbocycles. The Morgan fingerprint density at radius 3 is 2.50 bits per heavy atom. The highest BCUT2D eigenvalue weighted by Crippen LogP contribution is 2.17. The third kappa shape index (κ3) is 5.26. The summed E-state index contributed by atoms with van der Waals surface area (Å²) in [6, 6.07) is 12.0. The Labute approximate surface area is 141 Å². The molecular formula is C19H22FNO3. The van der Waals surface area contributed by atoms with Crippen LogP contribution in [0.5, 0.6) is 11.5 Å². The summed E-state index contributed by atoms with van der Waals surface area (Å²) in [4.78, 5) is 12.0. The van der Waals surface area contributed by atoms with Crippen LogP contribution in [-0.2, 0) is 4.79 Å². The minimum atomic E-state index is -0.789. The van der Waals surface area contributed by atoms with E-state index in [0.717, 1.165) is 16.9 Å². The summed E-state index contributed by atoms with van der Waals surface area (Å²) < 4.78 is 24.4. The van der Waals surface area contributed by atoms with Crippen molar-refractivity contribution in [3.63, 3.8) is 0 Å². The van der Waals surface area contributed by atoms with E-state index in [0.29, 0.717) is 13.2 Å². The van der Waals surface area contributed by atoms with Crippen LogP contribution in [0.25, 0.3) is 0 Å². The van der Waals surface area contributed by atoms with Crippen molar-refractivity contribution in [3.05, 3.63) is 59.4 Å². The summed E-state index contributed by atoms with van der Waals surface area (Å²) >= 11 is 0. The molecule has 0 aliphatic heterocycles. The van der Waals surface area contributed by atoms with Crippen LogP contribution in [0.15, 0.2) is 42.5 Å². The van der Waals surface area contributed by atoms with E-state index >= 15 is 0 Å². The normalized spacial score (nSPS) is 11.7. The van der Waals surface area contributed by atoms with Gasteiger partial charge in [0, 0.05) is 0 Å². The van der Waals surface area contributed by atoms with Crippen LogP contribution in [0, 0.1) is 19.7 Å². The van der Waals surface area contributed by atoms with E-state index in [9.17, 15) is 9.18 Å². The number of carbonyl (C=O) groups is 1. The predicted molar refractivity (Wildman–Crippen MR) is 90.9 cm³/mol. The molecule has 2 rings (SSSR count). The molecule has 0 fully saturated rings. The molecule has 0 spiro atoms. The average Bonchev–Trinajstić information content (AvgIpc) is 2.52. The molecule has 0 heterocycles. The van der Waals surface area contributed by atoms with Gasteiger partial charge in [-0.25, -0.2) is 4.39 Å². The minimum Gasteiger partial charge on any atom is -0.492 e. The molecule has 5 heteroatoms. The second kappa shape index (κ2) is 8.34. The van der Waals surface area contributed by atoms with E-state index in [1.54, 1.807) is 19.1 Å². The van der Waals surface area contributed by atoms with Gasteiger partial charge in [0.15, 0.2) is 17.7 Å². The summed E-state index contributed by atoms with van der Waals surface area (Å²) in [7, 11) is 0. The van der Waals surface area contributed by atoms with Gasteiger partial charge in [0.1, 0.15) is 12.4 Å². The fourth-order valence-electron chi connectivity index (χ4n) is 2.29. The fourth-order valence-corrected chi connectivity index (χ4v) is 2.29. The molecule has 2 aromatic rings. The predicted octanol–water partition coefficient (Wildman–Crippen LogP) is 3.41. The zero-order valence-corrected chi connectivity index (χ0v) is 14.1. The third-order valence-electron chi connectivity index (χ3n) is 3.37. The van der Waals surface area contributed by atoms with E-state index in [1.807, 2.05) is 26.0 Å². The van der Waals surface area contributed by atoms with Gasteiger partial charge in [0.05, 0.1) is 6.54 Å². The number of rotatable bonds is 7. The Balaban J connectivity index is 1.75. The Hall–Kier alpha value is -2.56. The first-order valence-corrected chi connectivity index (χ1v) is 7.85. The quantitative estimate of drug-likeness (QED) is 0.791. The van der Waals surface area contributed by atoms with Crippen molar-refractivity contribution in [3.8, 4) is 11.5 Å². The monoisotopic (exact) mass is 331 g/mol. The van der Waals surface area contributed by atoms with Crippen molar-refractivity contribution < 1.29 is 18.7 Å². The Bertz CT molecular complexity index is 683. The molecule has 0 aliphatic rings. The number of amides is 1. The van der Waals surface area contributed by atoms with Crippen LogP contribution in [0.2, 0.25) is 0 Å². The van der Waals surface area contributed by atoms with E-state index < -0.39 is 11.9 Å². The lowest BCUT2D eigenvalue weighted by molar-refractivity contribution is -0.127. The molecule has 0 aromatic heterocycles. The number of nitrogens with one attached hydrogen (secondary N) is 1. The Morgan fingerprint density at radius 1 is 1.17 bits per heavy atom. The lowest BCUT2D eigenvalue weighted by atomic mass is 10.1. The lowest BCUT2D eigenvalue weighted by Gasteiger charge is -2.15. The molecule has 0 saturated carbocycles. The molecule has 128 valence electrons. The number of benzene rings is 2. The second-order valence-electron chi connectivity index (χ2n) is 5.65. The van der Waals surface area contributed by atoms with Gasteiger partial charge < -0.3 is 14.8 Å². The molecule has 4 nitrogen and oxygen atoms in total. The van der Waals surface area contributed by atoms with Crippen LogP contribution in [0.3, 0.4) is 0 Å². The largest absolute Gasteiger partial charge is 0.492 e. The van der Waals surface area contributed by atoms with Crippen molar-refractivity contribution in [1.29, 1.82) is 0 Å². The van der Waals surface area contributed by atoms with Crippen LogP contribution in [0.4, 0.5) is 4.39 Å². The Kier molecular flexibility index (Phi) is 6.18. The first-order chi connectivity index (χ1) is 11.5. The number of hydrogen-bond acceptors (Lipinski definition) is 3. The number of para-hydroxylation sites is 1. The van der Waals surface area contributed by atoms with Crippen molar-refractivity contribution in [2.45, 2.75) is 26.9 Å². The van der Waals surface area contributed by atoms with Gasteiger partial charge in [-0.2, -0.15) is 0 Å². The van der Waals surface area contributed by atoms with Crippen LogP contribution in [-0.4, -0.2) is 25.2 Å². The van der Waals surface area contributed by atoms with Gasteiger partial charge in [-0.15, -0.1) is 0 Å². The van der Waals surface area contributed by atoms with Crippen LogP contribution in [0.1, 0.15) is 18.1 Å². The first-order valence-electron chi connectivity index (χ1n) is 7.85. The number of hydrogen-bond donors (Lipinski definition) is 1. The molecule has 0 unspecified atom stereocenters. The van der Waals surface area contributed by atoms with E-state index in [1.165, 1.54) is 12.1 Å². The molecule has 0 radical (unpaired) electrons. The van der Waals surface area contributed by atoms with Gasteiger partial charge in [-0.3, -0.25) is 4.79 Å². The minimum absolute atomic E-state index is 0.0617. The van der Waals surface area contributed by atoms with Gasteiger partial charge in [-0.1, -0.05) is 18.2 Å². The summed E-state index contributed by atoms with van der Waals surface area (Å²) in [6.07, 6.45) is -0.789. The molecule has 1 N–H and O–H groups in total. The van der Waals surface area contributed by atoms with Gasteiger partial charge in [0.25, 0.3) is 5.91 Å². The smallest absolute Gasteiger partial charge is 0.260 e. The number of aryl methyl sites for hydroxylation is 2. The highest BCUT2D eigenvalue weighted by molar-refractivity contribution is 5.80. The van der Waals surface area contributed by atoms with Crippen LogP contribution < -0.4 is 14.8 Å². The zero-order valence-electron chi connectivity index (χ0n) is 14.1. The first kappa shape index (κ1) is 17.8. The average molecular weight is 331 g/mol. The maximum Gasteiger partial charge on any atom is 0.260 e. The van der Waals surface area contributed by atoms with Crippen LogP contribution >= 0.6 is 0 Å². The molecule has 0 saturated heterocycles. The van der Waals surface area contributed by atoms with Crippen molar-refractivity contribution in [1.82, 2.24) is 5.32 Å². The van der Waals surface area contributed by atoms with Crippen molar-refractivity contribution >= 4 is 5.91 Å². The molecular weight excluding hydrogens is 309 g/mol. The molecule has 24 heavy (non-hydrogen) atoms. The zero-order chi connectivity index (χ0) is 17.5. The summed E-state index contributed by atoms with van der Waals surface area (Å²) in [5, 5.41) is 2.71. The fraction of sp³-hybridized carbons (Fsp3) is 0.316. The second-order valence-corrected chi connectivity index (χ2v) is 5.65. The van der Waals surface area contributed by atoms with Gasteiger partial charge >= 0.3 is 0 Å². The van der Waals surface area contributed by atoms with Gasteiger partial charge in [-0.05, 0) is 56.2 Å². The molecule has 0 aliphatic carbocycles. The third-order valence-corrected chi connectivity index (χ3v) is 3.37. The van der Waals surface area contributed by atoms with E-state index in [2.05, 4.69) is 11.4 Å². The molecule has 1 amide bonds. The number of carbonyl (C=O) groups excluding carboxylic acids is 1. The number of ether oxygens (including phenoxy) is 2. The SMILES string of the molecule is Cc1cc(C)cc(OCCNC(=O)[C@H](C)Oc2ccccc2F)c1. The standard InChI is InChI=1S/C19H22FNO3/c1-13-10-14(2)12-16(11-13)23-9-8-21-19(22)15(3)24-18-7-5-4-6-17(18)20/h4-7,10-12,15H,8-9H2,1-3H3,(H,21,22)/t15-/m0/s1. The van der Waals surface area contributed by atoms with Crippen molar-refractivity contribution in [2.75, 3.05) is 13.2 Å². The Morgan fingerprint density at radius 2 is 1.83 bits per heavy atom. The summed E-state index contributed by atoms with van der Waals surface area (Å²) in [5.41, 5.74) is 2.25. The van der Waals surface area contributed by atoms with E-state index in [-0.39, 0.29) is 11.7 Å². The maximum absolute atomic E-state index is 13.5. The summed E-state index contributed by atoms with van der Waals surface area (Å²) in [6.45, 7) is 6.27.